The number of benzene rings is 2. The number of likely N-dealkylation sites (tertiary alicyclic amines) is 1. The summed E-state index contributed by atoms with van der Waals surface area (Å²) in [6.07, 6.45) is 6.16. The van der Waals surface area contributed by atoms with E-state index in [0.29, 0.717) is 43.3 Å². The lowest BCUT2D eigenvalue weighted by Crippen LogP contribution is -2.41. The van der Waals surface area contributed by atoms with Gasteiger partial charge >= 0.3 is 12.1 Å². The van der Waals surface area contributed by atoms with Crippen molar-refractivity contribution in [2.75, 3.05) is 24.4 Å². The van der Waals surface area contributed by atoms with Crippen molar-refractivity contribution in [2.24, 2.45) is 5.92 Å². The van der Waals surface area contributed by atoms with Crippen LogP contribution in [0.2, 0.25) is 0 Å². The van der Waals surface area contributed by atoms with Crippen LogP contribution >= 0.6 is 0 Å². The van der Waals surface area contributed by atoms with Gasteiger partial charge in [0, 0.05) is 19.5 Å². The minimum Gasteiger partial charge on any atom is -0.491 e. The molecule has 0 unspecified atom stereocenters. The largest absolute Gasteiger partial charge is 0.491 e. The predicted molar refractivity (Wildman–Crippen MR) is 164 cm³/mol. The molecule has 1 aliphatic heterocycles. The molecule has 0 saturated carbocycles. The van der Waals surface area contributed by atoms with Crippen LogP contribution in [0.5, 0.6) is 11.5 Å². The van der Waals surface area contributed by atoms with Gasteiger partial charge in [0.1, 0.15) is 17.0 Å². The van der Waals surface area contributed by atoms with Gasteiger partial charge in [-0.15, -0.1) is 0 Å². The first kappa shape index (κ1) is 33.2. The Morgan fingerprint density at radius 1 is 0.952 bits per heavy atom. The maximum absolute atomic E-state index is 13.1. The lowest BCUT2D eigenvalue weighted by Gasteiger charge is -2.33. The van der Waals surface area contributed by atoms with Crippen molar-refractivity contribution in [1.29, 1.82) is 0 Å². The number of hydrogen-bond acceptors (Lipinski definition) is 7. The number of para-hydroxylation sites is 1. The third-order valence-corrected chi connectivity index (χ3v) is 8.16. The monoisotopic (exact) mass is 602 g/mol. The summed E-state index contributed by atoms with van der Waals surface area (Å²) in [5.74, 6) is 0.336. The van der Waals surface area contributed by atoms with E-state index in [4.69, 9.17) is 14.2 Å². The average Bonchev–Trinajstić information content (AvgIpc) is 2.93. The van der Waals surface area contributed by atoms with E-state index in [1.165, 1.54) is 0 Å². The highest BCUT2D eigenvalue weighted by Gasteiger charge is 2.27. The van der Waals surface area contributed by atoms with Crippen LogP contribution in [0.4, 0.5) is 10.5 Å². The van der Waals surface area contributed by atoms with E-state index in [9.17, 15) is 18.0 Å². The molecule has 0 aromatic heterocycles. The first-order valence-electron chi connectivity index (χ1n) is 14.9. The number of unbranched alkanes of at least 4 members (excludes halogenated alkanes) is 2. The van der Waals surface area contributed by atoms with Crippen LogP contribution in [-0.2, 0) is 25.3 Å². The van der Waals surface area contributed by atoms with E-state index in [-0.39, 0.29) is 29.7 Å². The first-order chi connectivity index (χ1) is 20.0. The van der Waals surface area contributed by atoms with Gasteiger partial charge in [-0.25, -0.2) is 13.2 Å². The molecular weight excluding hydrogens is 556 g/mol. The molecule has 42 heavy (non-hydrogen) atoms. The van der Waals surface area contributed by atoms with Crippen molar-refractivity contribution in [1.82, 2.24) is 4.90 Å². The zero-order valence-corrected chi connectivity index (χ0v) is 26.2. The standard InChI is InChI=1S/C32H46N2O7S/c1-5-6-18-29(35)40-28-17-12-16-27(30(28)33-42(37,38)24-26-14-8-7-9-15-26)39-23-11-10-13-25-19-21-34(22-20-25)31(36)41-32(2,3)4/h7-9,12,14-17,25,33H,5-6,10-11,13,18-24H2,1-4H3. The third kappa shape index (κ3) is 11.5. The number of piperidine rings is 1. The number of carbonyl (C=O) groups is 2. The Labute approximate surface area is 251 Å². The molecule has 0 atom stereocenters. The molecule has 1 heterocycles. The molecule has 2 aromatic carbocycles. The second kappa shape index (κ2) is 15.8. The maximum Gasteiger partial charge on any atom is 0.410 e. The summed E-state index contributed by atoms with van der Waals surface area (Å²) in [4.78, 5) is 26.5. The number of nitrogens with one attached hydrogen (secondary N) is 1. The molecule has 1 amide bonds. The van der Waals surface area contributed by atoms with Gasteiger partial charge in [0.05, 0.1) is 12.4 Å². The fraction of sp³-hybridized carbons (Fsp3) is 0.562. The molecule has 1 saturated heterocycles. The quantitative estimate of drug-likeness (QED) is 0.142. The number of carbonyl (C=O) groups excluding carboxylic acids is 2. The van der Waals surface area contributed by atoms with Crippen molar-refractivity contribution in [2.45, 2.75) is 90.4 Å². The van der Waals surface area contributed by atoms with Crippen LogP contribution in [0, 0.1) is 5.92 Å². The Balaban J connectivity index is 1.56. The summed E-state index contributed by atoms with van der Waals surface area (Å²) < 4.78 is 45.8. The molecule has 0 aliphatic carbocycles. The van der Waals surface area contributed by atoms with Crippen molar-refractivity contribution in [3.63, 3.8) is 0 Å². The molecule has 0 spiro atoms. The van der Waals surface area contributed by atoms with Gasteiger partial charge in [-0.3, -0.25) is 9.52 Å². The molecule has 1 aliphatic rings. The Hall–Kier alpha value is -3.27. The lowest BCUT2D eigenvalue weighted by atomic mass is 9.92. The molecular formula is C32H46N2O7S. The summed E-state index contributed by atoms with van der Waals surface area (Å²) in [7, 11) is -3.81. The minimum absolute atomic E-state index is 0.127. The van der Waals surface area contributed by atoms with E-state index in [0.717, 1.165) is 38.5 Å². The maximum atomic E-state index is 13.1. The molecule has 232 valence electrons. The van der Waals surface area contributed by atoms with Crippen molar-refractivity contribution >= 4 is 27.8 Å². The number of ether oxygens (including phenoxy) is 3. The summed E-state index contributed by atoms with van der Waals surface area (Å²) in [5.41, 5.74) is 0.278. The fourth-order valence-corrected chi connectivity index (χ4v) is 5.96. The van der Waals surface area contributed by atoms with Crippen molar-refractivity contribution < 1.29 is 32.2 Å². The number of nitrogens with zero attached hydrogens (tertiary/aromatic N) is 1. The summed E-state index contributed by atoms with van der Waals surface area (Å²) >= 11 is 0. The van der Waals surface area contributed by atoms with E-state index < -0.39 is 21.6 Å². The van der Waals surface area contributed by atoms with Crippen LogP contribution in [0.3, 0.4) is 0 Å². The van der Waals surface area contributed by atoms with Gasteiger partial charge in [-0.2, -0.15) is 0 Å². The zero-order chi connectivity index (χ0) is 30.6. The number of amides is 1. The second-order valence-electron chi connectivity index (χ2n) is 11.8. The summed E-state index contributed by atoms with van der Waals surface area (Å²) in [6.45, 7) is 9.39. The molecule has 1 fully saturated rings. The second-order valence-corrected chi connectivity index (χ2v) is 13.5. The molecule has 10 heteroatoms. The Kier molecular flexibility index (Phi) is 12.5. The number of sulfonamides is 1. The number of anilines is 1. The molecule has 3 rings (SSSR count). The van der Waals surface area contributed by atoms with Crippen LogP contribution in [0.25, 0.3) is 0 Å². The Morgan fingerprint density at radius 2 is 1.64 bits per heavy atom. The highest BCUT2D eigenvalue weighted by atomic mass is 32.2. The number of esters is 1. The fourth-order valence-electron chi connectivity index (χ4n) is 4.74. The molecule has 9 nitrogen and oxygen atoms in total. The van der Waals surface area contributed by atoms with Gasteiger partial charge in [0.25, 0.3) is 0 Å². The van der Waals surface area contributed by atoms with Gasteiger partial charge in [0.2, 0.25) is 10.0 Å². The Bertz CT molecular complexity index is 1250. The van der Waals surface area contributed by atoms with Crippen LogP contribution in [-0.4, -0.2) is 50.7 Å². The van der Waals surface area contributed by atoms with Gasteiger partial charge in [0.15, 0.2) is 5.75 Å². The van der Waals surface area contributed by atoms with Gasteiger partial charge in [-0.05, 0) is 76.5 Å². The topological polar surface area (TPSA) is 111 Å². The third-order valence-electron chi connectivity index (χ3n) is 6.93. The first-order valence-corrected chi connectivity index (χ1v) is 16.6. The zero-order valence-electron chi connectivity index (χ0n) is 25.4. The molecule has 0 radical (unpaired) electrons. The highest BCUT2D eigenvalue weighted by molar-refractivity contribution is 7.91. The average molecular weight is 603 g/mol. The number of hydrogen-bond donors (Lipinski definition) is 1. The van der Waals surface area contributed by atoms with Crippen LogP contribution in [0.1, 0.15) is 84.6 Å². The van der Waals surface area contributed by atoms with Crippen LogP contribution < -0.4 is 14.2 Å². The van der Waals surface area contributed by atoms with E-state index in [1.54, 1.807) is 47.4 Å². The molecule has 0 bridgehead atoms. The Morgan fingerprint density at radius 3 is 2.31 bits per heavy atom. The van der Waals surface area contributed by atoms with Crippen molar-refractivity contribution in [3.05, 3.63) is 54.1 Å². The van der Waals surface area contributed by atoms with Crippen LogP contribution in [0.15, 0.2) is 48.5 Å². The van der Waals surface area contributed by atoms with Crippen molar-refractivity contribution in [3.8, 4) is 11.5 Å². The molecule has 1 N–H and O–H groups in total. The highest BCUT2D eigenvalue weighted by Crippen LogP contribution is 2.36. The smallest absolute Gasteiger partial charge is 0.410 e. The lowest BCUT2D eigenvalue weighted by molar-refractivity contribution is -0.134. The normalized spacial score (nSPS) is 14.3. The van der Waals surface area contributed by atoms with E-state index in [2.05, 4.69) is 4.72 Å². The predicted octanol–water partition coefficient (Wildman–Crippen LogP) is 6.92. The SMILES string of the molecule is CCCCC(=O)Oc1cccc(OCCCCC2CCN(C(=O)OC(C)(C)C)CC2)c1NS(=O)(=O)Cc1ccccc1. The summed E-state index contributed by atoms with van der Waals surface area (Å²) in [6, 6.07) is 13.8. The van der Waals surface area contributed by atoms with Gasteiger partial charge < -0.3 is 19.1 Å². The minimum atomic E-state index is -3.81. The molecule has 2 aromatic rings. The summed E-state index contributed by atoms with van der Waals surface area (Å²) in [5, 5.41) is 0. The van der Waals surface area contributed by atoms with Gasteiger partial charge in [-0.1, -0.05) is 56.2 Å². The number of rotatable bonds is 14. The van der Waals surface area contributed by atoms with E-state index in [1.807, 2.05) is 33.8 Å². The van der Waals surface area contributed by atoms with E-state index >= 15 is 0 Å².